The minimum atomic E-state index is -0.795. The number of nitrogens with zero attached hydrogens (tertiary/aromatic N) is 2. The van der Waals surface area contributed by atoms with Crippen LogP contribution in [0.15, 0.2) is 30.3 Å². The number of ketones is 1. The molecule has 1 heterocycles. The second-order valence-corrected chi connectivity index (χ2v) is 3.72. The van der Waals surface area contributed by atoms with Crippen LogP contribution in [-0.4, -0.2) is 23.1 Å². The number of hydrogen-bond donors (Lipinski definition) is 0. The predicted octanol–water partition coefficient (Wildman–Crippen LogP) is 0.738. The van der Waals surface area contributed by atoms with Crippen LogP contribution in [-0.2, 0) is 16.1 Å². The van der Waals surface area contributed by atoms with Crippen molar-refractivity contribution in [1.82, 2.24) is 4.90 Å². The van der Waals surface area contributed by atoms with Crippen molar-refractivity contribution in [2.24, 2.45) is 5.92 Å². The molecule has 16 heavy (non-hydrogen) atoms. The molecule has 1 amide bonds. The number of carbonyl (C=O) groups is 2. The molecule has 1 saturated heterocycles. The van der Waals surface area contributed by atoms with Crippen LogP contribution in [0, 0.1) is 17.2 Å². The first kappa shape index (κ1) is 10.4. The summed E-state index contributed by atoms with van der Waals surface area (Å²) in [4.78, 5) is 24.2. The number of nitriles is 1. The van der Waals surface area contributed by atoms with Crippen molar-refractivity contribution in [2.75, 3.05) is 6.54 Å². The van der Waals surface area contributed by atoms with Gasteiger partial charge in [0.1, 0.15) is 5.92 Å². The van der Waals surface area contributed by atoms with Crippen molar-refractivity contribution >= 4 is 11.7 Å². The van der Waals surface area contributed by atoms with Gasteiger partial charge in [0.2, 0.25) is 5.78 Å². The Kier molecular flexibility index (Phi) is 2.69. The van der Waals surface area contributed by atoms with Gasteiger partial charge >= 0.3 is 0 Å². The van der Waals surface area contributed by atoms with E-state index in [1.807, 2.05) is 36.4 Å². The number of amides is 1. The molecule has 0 N–H and O–H groups in total. The zero-order chi connectivity index (χ0) is 11.5. The predicted molar refractivity (Wildman–Crippen MR) is 56.0 cm³/mol. The quantitative estimate of drug-likeness (QED) is 0.682. The fourth-order valence-corrected chi connectivity index (χ4v) is 1.73. The van der Waals surface area contributed by atoms with E-state index in [-0.39, 0.29) is 6.54 Å². The summed E-state index contributed by atoms with van der Waals surface area (Å²) in [6.07, 6.45) is 0. The maximum absolute atomic E-state index is 11.5. The molecule has 0 radical (unpaired) electrons. The Balaban J connectivity index is 2.11. The van der Waals surface area contributed by atoms with Gasteiger partial charge in [-0.2, -0.15) is 5.26 Å². The number of Topliss-reactive ketones (excluding diaryl/α,β-unsaturated/α-hetero) is 1. The van der Waals surface area contributed by atoms with E-state index in [1.54, 1.807) is 0 Å². The van der Waals surface area contributed by atoms with E-state index in [2.05, 4.69) is 0 Å². The van der Waals surface area contributed by atoms with Crippen LogP contribution in [0.1, 0.15) is 5.56 Å². The molecule has 1 fully saturated rings. The molecule has 0 aromatic heterocycles. The monoisotopic (exact) mass is 214 g/mol. The largest absolute Gasteiger partial charge is 0.330 e. The molecule has 1 aromatic carbocycles. The summed E-state index contributed by atoms with van der Waals surface area (Å²) in [7, 11) is 0. The van der Waals surface area contributed by atoms with Crippen LogP contribution >= 0.6 is 0 Å². The van der Waals surface area contributed by atoms with Gasteiger partial charge in [0.05, 0.1) is 6.07 Å². The summed E-state index contributed by atoms with van der Waals surface area (Å²) >= 11 is 0. The highest BCUT2D eigenvalue weighted by atomic mass is 16.2. The van der Waals surface area contributed by atoms with Crippen molar-refractivity contribution < 1.29 is 9.59 Å². The second-order valence-electron chi connectivity index (χ2n) is 3.72. The topological polar surface area (TPSA) is 61.2 Å². The van der Waals surface area contributed by atoms with E-state index in [9.17, 15) is 9.59 Å². The number of likely N-dealkylation sites (tertiary alicyclic amines) is 1. The molecule has 0 saturated carbocycles. The van der Waals surface area contributed by atoms with Crippen molar-refractivity contribution in [3.05, 3.63) is 35.9 Å². The van der Waals surface area contributed by atoms with Crippen molar-refractivity contribution in [2.45, 2.75) is 6.54 Å². The summed E-state index contributed by atoms with van der Waals surface area (Å²) < 4.78 is 0. The first-order chi connectivity index (χ1) is 7.72. The average molecular weight is 214 g/mol. The number of rotatable bonds is 2. The number of hydrogen-bond acceptors (Lipinski definition) is 3. The van der Waals surface area contributed by atoms with Gasteiger partial charge in [-0.05, 0) is 5.56 Å². The molecular formula is C12H10N2O2. The highest BCUT2D eigenvalue weighted by Gasteiger charge is 2.38. The molecule has 2 rings (SSSR count). The van der Waals surface area contributed by atoms with Gasteiger partial charge in [-0.15, -0.1) is 0 Å². The van der Waals surface area contributed by atoms with E-state index in [0.717, 1.165) is 5.56 Å². The van der Waals surface area contributed by atoms with E-state index in [0.29, 0.717) is 6.54 Å². The third-order valence-electron chi connectivity index (χ3n) is 2.59. The van der Waals surface area contributed by atoms with Crippen molar-refractivity contribution in [3.8, 4) is 6.07 Å². The molecule has 1 unspecified atom stereocenters. The molecule has 1 aromatic rings. The van der Waals surface area contributed by atoms with Crippen LogP contribution < -0.4 is 0 Å². The summed E-state index contributed by atoms with van der Waals surface area (Å²) in [5.74, 6) is -1.93. The van der Waals surface area contributed by atoms with Gasteiger partial charge in [-0.25, -0.2) is 0 Å². The number of carbonyl (C=O) groups excluding carboxylic acids is 2. The lowest BCUT2D eigenvalue weighted by Gasteiger charge is -2.14. The molecule has 0 aliphatic carbocycles. The normalized spacial score (nSPS) is 19.9. The van der Waals surface area contributed by atoms with Crippen molar-refractivity contribution in [1.29, 1.82) is 5.26 Å². The van der Waals surface area contributed by atoms with Gasteiger partial charge in [-0.1, -0.05) is 30.3 Å². The summed E-state index contributed by atoms with van der Waals surface area (Å²) in [5.41, 5.74) is 0.960. The zero-order valence-corrected chi connectivity index (χ0v) is 8.59. The molecule has 1 aliphatic rings. The van der Waals surface area contributed by atoms with E-state index < -0.39 is 17.6 Å². The van der Waals surface area contributed by atoms with Crippen LogP contribution in [0.3, 0.4) is 0 Å². The molecule has 4 heteroatoms. The molecule has 1 aliphatic heterocycles. The van der Waals surface area contributed by atoms with Gasteiger partial charge in [0, 0.05) is 13.1 Å². The molecule has 0 spiro atoms. The summed E-state index contributed by atoms with van der Waals surface area (Å²) in [6.45, 7) is 0.604. The highest BCUT2D eigenvalue weighted by Crippen LogP contribution is 2.16. The first-order valence-corrected chi connectivity index (χ1v) is 4.99. The van der Waals surface area contributed by atoms with E-state index in [4.69, 9.17) is 5.26 Å². The Morgan fingerprint density at radius 3 is 2.56 bits per heavy atom. The maximum atomic E-state index is 11.5. The van der Waals surface area contributed by atoms with Gasteiger partial charge in [0.25, 0.3) is 5.91 Å². The highest BCUT2D eigenvalue weighted by molar-refractivity contribution is 6.39. The van der Waals surface area contributed by atoms with Gasteiger partial charge in [-0.3, -0.25) is 9.59 Å². The standard InChI is InChI=1S/C12H10N2O2/c13-6-10-8-14(12(16)11(10)15)7-9-4-2-1-3-5-9/h1-5,10H,7-8H2. The lowest BCUT2D eigenvalue weighted by atomic mass is 10.1. The Hall–Kier alpha value is -2.15. The molecule has 0 bridgehead atoms. The van der Waals surface area contributed by atoms with Crippen molar-refractivity contribution in [3.63, 3.8) is 0 Å². The fourth-order valence-electron chi connectivity index (χ4n) is 1.73. The summed E-state index contributed by atoms with van der Waals surface area (Å²) in [6, 6.07) is 11.3. The third kappa shape index (κ3) is 1.80. The lowest BCUT2D eigenvalue weighted by Crippen LogP contribution is -2.26. The SMILES string of the molecule is N#CC1CN(Cc2ccccc2)C(=O)C1=O. The number of benzene rings is 1. The second kappa shape index (κ2) is 4.15. The smallest absolute Gasteiger partial charge is 0.291 e. The van der Waals surface area contributed by atoms with Gasteiger partial charge in [0.15, 0.2) is 0 Å². The Morgan fingerprint density at radius 2 is 2.00 bits per heavy atom. The zero-order valence-electron chi connectivity index (χ0n) is 8.59. The lowest BCUT2D eigenvalue weighted by molar-refractivity contribution is -0.140. The third-order valence-corrected chi connectivity index (χ3v) is 2.59. The van der Waals surface area contributed by atoms with Crippen LogP contribution in [0.25, 0.3) is 0 Å². The van der Waals surface area contributed by atoms with Crippen LogP contribution in [0.4, 0.5) is 0 Å². The fraction of sp³-hybridized carbons (Fsp3) is 0.250. The average Bonchev–Trinajstić information content (AvgIpc) is 2.58. The molecule has 80 valence electrons. The Morgan fingerprint density at radius 1 is 1.31 bits per heavy atom. The van der Waals surface area contributed by atoms with Crippen LogP contribution in [0.5, 0.6) is 0 Å². The first-order valence-electron chi connectivity index (χ1n) is 4.99. The Labute approximate surface area is 93.1 Å². The Bertz CT molecular complexity index is 462. The van der Waals surface area contributed by atoms with E-state index in [1.165, 1.54) is 4.90 Å². The van der Waals surface area contributed by atoms with Gasteiger partial charge < -0.3 is 4.90 Å². The molecule has 1 atom stereocenters. The van der Waals surface area contributed by atoms with E-state index >= 15 is 0 Å². The summed E-state index contributed by atoms with van der Waals surface area (Å²) in [5, 5.41) is 8.69. The minimum absolute atomic E-state index is 0.211. The molecular weight excluding hydrogens is 204 g/mol. The minimum Gasteiger partial charge on any atom is -0.330 e. The van der Waals surface area contributed by atoms with Crippen LogP contribution in [0.2, 0.25) is 0 Å². The maximum Gasteiger partial charge on any atom is 0.291 e. The molecule has 4 nitrogen and oxygen atoms in total.